The van der Waals surface area contributed by atoms with Crippen molar-refractivity contribution in [2.45, 2.75) is 52.4 Å². The zero-order valence-corrected chi connectivity index (χ0v) is 20.2. The molecule has 2 aromatic carbocycles. The Hall–Kier alpha value is -3.45. The standard InChI is InChI=1S/C20H16F3N3OS.C4H9NO/c1-12-4-7-14(8-5-12)26-18(28)25(17(27)19(26,2)3)15-9-6-13(11-24)16(10-15)20(21,22)23;1-4(2)5-3-6/h4-10H,1-3H3;3-4H,1-2H3,(H,5,6). The second-order valence-electron chi connectivity index (χ2n) is 8.43. The van der Waals surface area contributed by atoms with E-state index in [1.165, 1.54) is 12.1 Å². The lowest BCUT2D eigenvalue weighted by atomic mass is 10.0. The van der Waals surface area contributed by atoms with Crippen LogP contribution in [0.25, 0.3) is 0 Å². The van der Waals surface area contributed by atoms with Gasteiger partial charge < -0.3 is 10.2 Å². The molecule has 2 amide bonds. The summed E-state index contributed by atoms with van der Waals surface area (Å²) in [5.41, 5.74) is -1.03. The minimum Gasteiger partial charge on any atom is -0.357 e. The van der Waals surface area contributed by atoms with E-state index in [-0.39, 0.29) is 16.8 Å². The van der Waals surface area contributed by atoms with Crippen LogP contribution in [0.4, 0.5) is 24.5 Å². The summed E-state index contributed by atoms with van der Waals surface area (Å²) in [6, 6.07) is 12.3. The average Bonchev–Trinajstić information content (AvgIpc) is 2.92. The smallest absolute Gasteiger partial charge is 0.357 e. The molecule has 0 saturated carbocycles. The van der Waals surface area contributed by atoms with Crippen molar-refractivity contribution in [3.8, 4) is 6.07 Å². The summed E-state index contributed by atoms with van der Waals surface area (Å²) in [4.78, 5) is 25.3. The summed E-state index contributed by atoms with van der Waals surface area (Å²) >= 11 is 5.47. The minimum atomic E-state index is -4.72. The van der Waals surface area contributed by atoms with Gasteiger partial charge in [-0.1, -0.05) is 17.7 Å². The molecule has 1 heterocycles. The highest BCUT2D eigenvalue weighted by Crippen LogP contribution is 2.39. The van der Waals surface area contributed by atoms with E-state index in [2.05, 4.69) is 5.32 Å². The molecule has 1 aliphatic rings. The Morgan fingerprint density at radius 3 is 2.12 bits per heavy atom. The zero-order chi connectivity index (χ0) is 25.8. The Balaban J connectivity index is 0.000000604. The fourth-order valence-corrected chi connectivity index (χ4v) is 3.81. The van der Waals surface area contributed by atoms with Crippen LogP contribution in [0.5, 0.6) is 0 Å². The number of hydrogen-bond acceptors (Lipinski definition) is 4. The number of nitrogens with one attached hydrogen (secondary N) is 1. The summed E-state index contributed by atoms with van der Waals surface area (Å²) in [5, 5.41) is 11.6. The lowest BCUT2D eigenvalue weighted by Crippen LogP contribution is -2.44. The van der Waals surface area contributed by atoms with Gasteiger partial charge >= 0.3 is 6.18 Å². The molecule has 0 bridgehead atoms. The summed E-state index contributed by atoms with van der Waals surface area (Å²) in [6.07, 6.45) is -4.03. The van der Waals surface area contributed by atoms with Crippen LogP contribution in [0.15, 0.2) is 42.5 Å². The van der Waals surface area contributed by atoms with E-state index in [9.17, 15) is 22.8 Å². The molecule has 0 atom stereocenters. The highest BCUT2D eigenvalue weighted by Gasteiger charge is 2.50. The number of carbonyl (C=O) groups excluding carboxylic acids is 2. The maximum absolute atomic E-state index is 13.3. The fraction of sp³-hybridized carbons (Fsp3) is 0.333. The van der Waals surface area contributed by atoms with Crippen LogP contribution < -0.4 is 15.1 Å². The number of anilines is 2. The lowest BCUT2D eigenvalue weighted by molar-refractivity contribution is -0.137. The molecule has 2 aromatic rings. The number of rotatable bonds is 4. The van der Waals surface area contributed by atoms with Crippen molar-refractivity contribution in [1.29, 1.82) is 5.26 Å². The summed E-state index contributed by atoms with van der Waals surface area (Å²) in [6.45, 7) is 9.07. The van der Waals surface area contributed by atoms with Gasteiger partial charge in [0.1, 0.15) is 5.54 Å². The number of nitrogens with zero attached hydrogens (tertiary/aromatic N) is 3. The first-order valence-corrected chi connectivity index (χ1v) is 10.7. The van der Waals surface area contributed by atoms with Crippen LogP contribution in [0.2, 0.25) is 0 Å². The summed E-state index contributed by atoms with van der Waals surface area (Å²) in [5.74, 6) is -0.448. The normalized spacial score (nSPS) is 15.1. The third kappa shape index (κ3) is 5.54. The largest absolute Gasteiger partial charge is 0.417 e. The molecule has 1 aliphatic heterocycles. The SMILES string of the molecule is CC(C)NC=O.Cc1ccc(N2C(=S)N(c3ccc(C#N)c(C(F)(F)F)c3)C(=O)C2(C)C)cc1. The quantitative estimate of drug-likeness (QED) is 0.485. The van der Waals surface area contributed by atoms with Gasteiger partial charge in [0.2, 0.25) is 6.41 Å². The molecule has 1 saturated heterocycles. The van der Waals surface area contributed by atoms with Gasteiger partial charge in [0, 0.05) is 11.7 Å². The molecule has 0 aromatic heterocycles. The fourth-order valence-electron chi connectivity index (χ4n) is 3.29. The van der Waals surface area contributed by atoms with Crippen molar-refractivity contribution in [2.24, 2.45) is 0 Å². The number of alkyl halides is 3. The zero-order valence-electron chi connectivity index (χ0n) is 19.4. The predicted octanol–water partition coefficient (Wildman–Crippen LogP) is 4.94. The second kappa shape index (κ2) is 10.2. The highest BCUT2D eigenvalue weighted by atomic mass is 32.1. The molecule has 180 valence electrons. The summed E-state index contributed by atoms with van der Waals surface area (Å²) in [7, 11) is 0. The third-order valence-corrected chi connectivity index (χ3v) is 5.41. The maximum Gasteiger partial charge on any atom is 0.417 e. The molecule has 0 radical (unpaired) electrons. The number of aryl methyl sites for hydroxylation is 1. The minimum absolute atomic E-state index is 0.0241. The van der Waals surface area contributed by atoms with Crippen LogP contribution in [0, 0.1) is 18.3 Å². The molecule has 0 spiro atoms. The predicted molar refractivity (Wildman–Crippen MR) is 128 cm³/mol. The van der Waals surface area contributed by atoms with Crippen molar-refractivity contribution >= 4 is 41.0 Å². The van der Waals surface area contributed by atoms with Crippen LogP contribution in [0.3, 0.4) is 0 Å². The number of amides is 2. The molecule has 0 unspecified atom stereocenters. The van der Waals surface area contributed by atoms with E-state index < -0.39 is 28.7 Å². The van der Waals surface area contributed by atoms with Crippen LogP contribution in [-0.2, 0) is 15.8 Å². The highest BCUT2D eigenvalue weighted by molar-refractivity contribution is 7.81. The molecule has 1 fully saturated rings. The molecule has 1 N–H and O–H groups in total. The van der Waals surface area contributed by atoms with Crippen LogP contribution in [0.1, 0.15) is 44.4 Å². The molecular formula is C24H25F3N4O2S. The number of carbonyl (C=O) groups is 2. The van der Waals surface area contributed by atoms with E-state index in [4.69, 9.17) is 17.5 Å². The van der Waals surface area contributed by atoms with E-state index in [1.807, 2.05) is 32.9 Å². The Kier molecular flexibility index (Phi) is 8.05. The van der Waals surface area contributed by atoms with E-state index in [1.54, 1.807) is 30.9 Å². The Bertz CT molecular complexity index is 1120. The Morgan fingerprint density at radius 2 is 1.68 bits per heavy atom. The summed E-state index contributed by atoms with van der Waals surface area (Å²) < 4.78 is 40.0. The van der Waals surface area contributed by atoms with Gasteiger partial charge in [-0.05, 0) is 77.2 Å². The van der Waals surface area contributed by atoms with Gasteiger partial charge in [0.25, 0.3) is 5.91 Å². The number of hydrogen-bond donors (Lipinski definition) is 1. The number of nitriles is 1. The van der Waals surface area contributed by atoms with E-state index in [0.29, 0.717) is 12.1 Å². The van der Waals surface area contributed by atoms with Crippen molar-refractivity contribution in [3.05, 3.63) is 59.2 Å². The molecular weight excluding hydrogens is 465 g/mol. The molecule has 34 heavy (non-hydrogen) atoms. The number of benzene rings is 2. The monoisotopic (exact) mass is 490 g/mol. The first-order valence-electron chi connectivity index (χ1n) is 10.3. The number of thiocarbonyl (C=S) groups is 1. The first-order chi connectivity index (χ1) is 15.7. The number of halogens is 3. The maximum atomic E-state index is 13.3. The Labute approximate surface area is 202 Å². The van der Waals surface area contributed by atoms with Crippen LogP contribution in [-0.4, -0.2) is 29.0 Å². The Morgan fingerprint density at radius 1 is 1.12 bits per heavy atom. The van der Waals surface area contributed by atoms with Crippen LogP contribution >= 0.6 is 12.2 Å². The molecule has 6 nitrogen and oxygen atoms in total. The molecule has 3 rings (SSSR count). The molecule has 0 aliphatic carbocycles. The van der Waals surface area contributed by atoms with Gasteiger partial charge in [0.15, 0.2) is 5.11 Å². The molecule has 10 heteroatoms. The van der Waals surface area contributed by atoms with Gasteiger partial charge in [-0.15, -0.1) is 0 Å². The van der Waals surface area contributed by atoms with Crippen molar-refractivity contribution in [1.82, 2.24) is 5.32 Å². The topological polar surface area (TPSA) is 76.4 Å². The van der Waals surface area contributed by atoms with E-state index in [0.717, 1.165) is 22.6 Å². The average molecular weight is 491 g/mol. The van der Waals surface area contributed by atoms with E-state index >= 15 is 0 Å². The van der Waals surface area contributed by atoms with Gasteiger partial charge in [-0.25, -0.2) is 0 Å². The van der Waals surface area contributed by atoms with Gasteiger partial charge in [-0.2, -0.15) is 18.4 Å². The lowest BCUT2D eigenvalue weighted by Gasteiger charge is -2.29. The third-order valence-electron chi connectivity index (χ3n) is 5.05. The van der Waals surface area contributed by atoms with Crippen molar-refractivity contribution < 1.29 is 22.8 Å². The van der Waals surface area contributed by atoms with Crippen molar-refractivity contribution in [2.75, 3.05) is 9.80 Å². The van der Waals surface area contributed by atoms with Crippen molar-refractivity contribution in [3.63, 3.8) is 0 Å². The van der Waals surface area contributed by atoms with Gasteiger partial charge in [0.05, 0.1) is 22.9 Å². The first kappa shape index (κ1) is 26.8. The second-order valence-corrected chi connectivity index (χ2v) is 8.80. The van der Waals surface area contributed by atoms with Gasteiger partial charge in [-0.3, -0.25) is 14.5 Å².